The lowest BCUT2D eigenvalue weighted by atomic mass is 10.2. The van der Waals surface area contributed by atoms with Crippen molar-refractivity contribution < 1.29 is 4.79 Å². The number of anilines is 1. The van der Waals surface area contributed by atoms with Crippen molar-refractivity contribution in [3.05, 3.63) is 83.0 Å². The summed E-state index contributed by atoms with van der Waals surface area (Å²) < 4.78 is 1.73. The summed E-state index contributed by atoms with van der Waals surface area (Å²) in [5, 5.41) is 7.80. The van der Waals surface area contributed by atoms with Crippen molar-refractivity contribution in [2.75, 3.05) is 5.32 Å². The van der Waals surface area contributed by atoms with Crippen molar-refractivity contribution in [2.24, 2.45) is 0 Å². The van der Waals surface area contributed by atoms with Gasteiger partial charge in [0.2, 0.25) is 0 Å². The molecule has 1 N–H and O–H groups in total. The largest absolute Gasteiger partial charge is 0.307 e. The van der Waals surface area contributed by atoms with Crippen molar-refractivity contribution in [3.63, 3.8) is 0 Å². The quantitative estimate of drug-likeness (QED) is 0.796. The zero-order valence-corrected chi connectivity index (χ0v) is 12.5. The van der Waals surface area contributed by atoms with Gasteiger partial charge in [-0.05, 0) is 29.8 Å². The van der Waals surface area contributed by atoms with Crippen molar-refractivity contribution in [3.8, 4) is 0 Å². The highest BCUT2D eigenvalue weighted by atomic mass is 35.5. The molecule has 0 saturated heterocycles. The monoisotopic (exact) mass is 311 g/mol. The molecule has 0 aliphatic carbocycles. The number of amides is 1. The number of carbonyl (C=O) groups excluding carboxylic acids is 1. The number of nitrogens with zero attached hydrogens (tertiary/aromatic N) is 2. The van der Waals surface area contributed by atoms with Crippen LogP contribution in [0.5, 0.6) is 0 Å². The van der Waals surface area contributed by atoms with Crippen molar-refractivity contribution >= 4 is 23.3 Å². The van der Waals surface area contributed by atoms with Crippen LogP contribution in [0.1, 0.15) is 15.9 Å². The predicted octanol–water partition coefficient (Wildman–Crippen LogP) is 3.84. The first kappa shape index (κ1) is 14.4. The minimum atomic E-state index is -0.159. The van der Waals surface area contributed by atoms with Crippen LogP contribution in [0.3, 0.4) is 0 Å². The Labute approximate surface area is 133 Å². The van der Waals surface area contributed by atoms with E-state index >= 15 is 0 Å². The van der Waals surface area contributed by atoms with E-state index in [-0.39, 0.29) is 5.91 Å². The van der Waals surface area contributed by atoms with Gasteiger partial charge in [0.25, 0.3) is 5.91 Å². The maximum Gasteiger partial charge on any atom is 0.256 e. The van der Waals surface area contributed by atoms with Gasteiger partial charge >= 0.3 is 0 Å². The van der Waals surface area contributed by atoms with E-state index < -0.39 is 0 Å². The summed E-state index contributed by atoms with van der Waals surface area (Å²) in [4.78, 5) is 12.2. The second-order valence-electron chi connectivity index (χ2n) is 4.82. The third kappa shape index (κ3) is 3.35. The van der Waals surface area contributed by atoms with E-state index in [2.05, 4.69) is 10.4 Å². The molecular formula is C17H14ClN3O. The summed E-state index contributed by atoms with van der Waals surface area (Å²) >= 11 is 5.99. The van der Waals surface area contributed by atoms with Crippen LogP contribution in [-0.2, 0) is 6.54 Å². The first-order valence-corrected chi connectivity index (χ1v) is 7.23. The second kappa shape index (κ2) is 6.45. The summed E-state index contributed by atoms with van der Waals surface area (Å²) in [6.45, 7) is 0.540. The first-order chi connectivity index (χ1) is 10.7. The Morgan fingerprint density at radius 2 is 1.91 bits per heavy atom. The molecule has 1 amide bonds. The summed E-state index contributed by atoms with van der Waals surface area (Å²) in [5.74, 6) is 0.488. The molecule has 5 heteroatoms. The normalized spacial score (nSPS) is 10.4. The lowest BCUT2D eigenvalue weighted by Crippen LogP contribution is -2.16. The second-order valence-corrected chi connectivity index (χ2v) is 5.26. The zero-order valence-electron chi connectivity index (χ0n) is 11.7. The van der Waals surface area contributed by atoms with Crippen LogP contribution in [0.25, 0.3) is 0 Å². The average molecular weight is 312 g/mol. The van der Waals surface area contributed by atoms with Gasteiger partial charge in [-0.3, -0.25) is 4.79 Å². The van der Waals surface area contributed by atoms with E-state index in [0.717, 1.165) is 5.56 Å². The third-order valence-corrected chi connectivity index (χ3v) is 3.45. The Balaban J connectivity index is 1.76. The van der Waals surface area contributed by atoms with E-state index in [4.69, 9.17) is 11.6 Å². The average Bonchev–Trinajstić information content (AvgIpc) is 2.95. The van der Waals surface area contributed by atoms with E-state index in [1.54, 1.807) is 29.1 Å². The zero-order chi connectivity index (χ0) is 15.4. The van der Waals surface area contributed by atoms with E-state index in [1.165, 1.54) is 0 Å². The van der Waals surface area contributed by atoms with Gasteiger partial charge < -0.3 is 5.32 Å². The standard InChI is InChI=1S/C17H14ClN3O/c18-15-8-4-5-13(11-15)12-21-16(9-10-19-21)20-17(22)14-6-2-1-3-7-14/h1-11H,12H2,(H,20,22). The van der Waals surface area contributed by atoms with Crippen LogP contribution in [0, 0.1) is 0 Å². The third-order valence-electron chi connectivity index (χ3n) is 3.22. The Bertz CT molecular complexity index is 783. The fraction of sp³-hybridized carbons (Fsp3) is 0.0588. The SMILES string of the molecule is O=C(Nc1ccnn1Cc1cccc(Cl)c1)c1ccccc1. The Kier molecular flexibility index (Phi) is 4.21. The summed E-state index contributed by atoms with van der Waals surface area (Å²) in [5.41, 5.74) is 1.63. The molecule has 3 rings (SSSR count). The molecule has 0 bridgehead atoms. The number of hydrogen-bond acceptors (Lipinski definition) is 2. The molecule has 0 aliphatic rings. The maximum atomic E-state index is 12.2. The number of hydrogen-bond donors (Lipinski definition) is 1. The van der Waals surface area contributed by atoms with E-state index in [9.17, 15) is 4.79 Å². The highest BCUT2D eigenvalue weighted by molar-refractivity contribution is 6.30. The fourth-order valence-corrected chi connectivity index (χ4v) is 2.36. The van der Waals surface area contributed by atoms with Crippen LogP contribution in [0.2, 0.25) is 5.02 Å². The number of rotatable bonds is 4. The van der Waals surface area contributed by atoms with Crippen LogP contribution in [-0.4, -0.2) is 15.7 Å². The number of halogens is 1. The van der Waals surface area contributed by atoms with Crippen molar-refractivity contribution in [2.45, 2.75) is 6.54 Å². The van der Waals surface area contributed by atoms with Gasteiger partial charge in [0.05, 0.1) is 12.7 Å². The fourth-order valence-electron chi connectivity index (χ4n) is 2.15. The van der Waals surface area contributed by atoms with Gasteiger partial charge in [0.15, 0.2) is 0 Å². The minimum absolute atomic E-state index is 0.159. The molecule has 0 spiro atoms. The smallest absolute Gasteiger partial charge is 0.256 e. The van der Waals surface area contributed by atoms with Gasteiger partial charge in [-0.25, -0.2) is 4.68 Å². The van der Waals surface area contributed by atoms with Crippen LogP contribution >= 0.6 is 11.6 Å². The number of benzene rings is 2. The van der Waals surface area contributed by atoms with Crippen LogP contribution in [0.15, 0.2) is 66.9 Å². The molecule has 110 valence electrons. The topological polar surface area (TPSA) is 46.9 Å². The molecule has 3 aromatic rings. The Morgan fingerprint density at radius 1 is 1.09 bits per heavy atom. The molecular weight excluding hydrogens is 298 g/mol. The first-order valence-electron chi connectivity index (χ1n) is 6.85. The van der Waals surface area contributed by atoms with E-state index in [0.29, 0.717) is 22.9 Å². The number of carbonyl (C=O) groups is 1. The summed E-state index contributed by atoms with van der Waals surface area (Å²) in [6, 6.07) is 18.4. The molecule has 22 heavy (non-hydrogen) atoms. The van der Waals surface area contributed by atoms with Crippen LogP contribution < -0.4 is 5.32 Å². The maximum absolute atomic E-state index is 12.2. The number of aromatic nitrogens is 2. The minimum Gasteiger partial charge on any atom is -0.307 e. The van der Waals surface area contributed by atoms with Crippen molar-refractivity contribution in [1.29, 1.82) is 0 Å². The van der Waals surface area contributed by atoms with Crippen molar-refractivity contribution in [1.82, 2.24) is 9.78 Å². The Hall–Kier alpha value is -2.59. The molecule has 0 radical (unpaired) electrons. The lowest BCUT2D eigenvalue weighted by Gasteiger charge is -2.09. The number of nitrogens with one attached hydrogen (secondary N) is 1. The molecule has 0 fully saturated rings. The predicted molar refractivity (Wildman–Crippen MR) is 87.2 cm³/mol. The molecule has 0 saturated carbocycles. The van der Waals surface area contributed by atoms with Gasteiger partial charge in [-0.15, -0.1) is 0 Å². The highest BCUT2D eigenvalue weighted by Crippen LogP contribution is 2.15. The highest BCUT2D eigenvalue weighted by Gasteiger charge is 2.09. The van der Waals surface area contributed by atoms with Gasteiger partial charge in [-0.1, -0.05) is 41.9 Å². The molecule has 0 atom stereocenters. The van der Waals surface area contributed by atoms with Gasteiger partial charge in [-0.2, -0.15) is 5.10 Å². The summed E-state index contributed by atoms with van der Waals surface area (Å²) in [7, 11) is 0. The summed E-state index contributed by atoms with van der Waals surface area (Å²) in [6.07, 6.45) is 1.66. The van der Waals surface area contributed by atoms with E-state index in [1.807, 2.05) is 42.5 Å². The van der Waals surface area contributed by atoms with Crippen LogP contribution in [0.4, 0.5) is 5.82 Å². The molecule has 0 aliphatic heterocycles. The molecule has 0 unspecified atom stereocenters. The molecule has 4 nitrogen and oxygen atoms in total. The molecule has 2 aromatic carbocycles. The lowest BCUT2D eigenvalue weighted by molar-refractivity contribution is 0.102. The molecule has 1 heterocycles. The van der Waals surface area contributed by atoms with Gasteiger partial charge in [0, 0.05) is 16.7 Å². The Morgan fingerprint density at radius 3 is 2.68 bits per heavy atom. The molecule has 1 aromatic heterocycles. The van der Waals surface area contributed by atoms with Gasteiger partial charge in [0.1, 0.15) is 5.82 Å².